The Bertz CT molecular complexity index is 388. The van der Waals surface area contributed by atoms with Crippen molar-refractivity contribution in [2.75, 3.05) is 33.4 Å². The number of likely N-dealkylation sites (N-methyl/N-ethyl adjacent to an activating group) is 1. The Balaban J connectivity index is 1.87. The molecule has 0 aliphatic carbocycles. The lowest BCUT2D eigenvalue weighted by Gasteiger charge is -2.29. The molecule has 1 saturated heterocycles. The molecule has 1 aromatic rings. The Hall–Kier alpha value is -1.08. The molecule has 0 bridgehead atoms. The molecule has 1 atom stereocenters. The van der Waals surface area contributed by atoms with Gasteiger partial charge in [0.05, 0.1) is 6.61 Å². The van der Waals surface area contributed by atoms with E-state index in [1.165, 1.54) is 0 Å². The summed E-state index contributed by atoms with van der Waals surface area (Å²) in [5.74, 6) is 0.623. The quantitative estimate of drug-likeness (QED) is 0.677. The van der Waals surface area contributed by atoms with Gasteiger partial charge < -0.3 is 24.4 Å². The first kappa shape index (κ1) is 13.4. The lowest BCUT2D eigenvalue weighted by atomic mass is 9.80. The summed E-state index contributed by atoms with van der Waals surface area (Å²) in [6, 6.07) is 6.79. The van der Waals surface area contributed by atoms with Gasteiger partial charge in [0.1, 0.15) is 18.5 Å². The second kappa shape index (κ2) is 6.20. The zero-order valence-corrected chi connectivity index (χ0v) is 10.5. The Kier molecular flexibility index (Phi) is 4.60. The molecule has 98 valence electrons. The second-order valence-electron chi connectivity index (χ2n) is 4.51. The summed E-state index contributed by atoms with van der Waals surface area (Å²) < 4.78 is 11.2. The smallest absolute Gasteiger partial charge is 0.488 e. The SMILES string of the molecule is CN1CCOC(COc2cccc(B(O)O)c2)C1. The van der Waals surface area contributed by atoms with E-state index in [0.29, 0.717) is 17.8 Å². The van der Waals surface area contributed by atoms with Crippen LogP contribution in [-0.4, -0.2) is 61.5 Å². The molecule has 0 aromatic heterocycles. The third-order valence-corrected chi connectivity index (χ3v) is 2.93. The topological polar surface area (TPSA) is 62.2 Å². The van der Waals surface area contributed by atoms with Crippen LogP contribution in [0.5, 0.6) is 5.75 Å². The summed E-state index contributed by atoms with van der Waals surface area (Å²) in [7, 11) is 0.587. The van der Waals surface area contributed by atoms with Crippen LogP contribution in [0.1, 0.15) is 0 Å². The molecule has 5 nitrogen and oxygen atoms in total. The molecule has 0 amide bonds. The maximum Gasteiger partial charge on any atom is 0.488 e. The molecule has 1 heterocycles. The summed E-state index contributed by atoms with van der Waals surface area (Å²) in [6.07, 6.45) is 0.0615. The highest BCUT2D eigenvalue weighted by atomic mass is 16.5. The van der Waals surface area contributed by atoms with Gasteiger partial charge in [-0.15, -0.1) is 0 Å². The van der Waals surface area contributed by atoms with Gasteiger partial charge in [0.15, 0.2) is 0 Å². The van der Waals surface area contributed by atoms with Gasteiger partial charge >= 0.3 is 7.12 Å². The van der Waals surface area contributed by atoms with E-state index in [2.05, 4.69) is 11.9 Å². The maximum atomic E-state index is 9.07. The molecule has 1 aliphatic rings. The van der Waals surface area contributed by atoms with Crippen LogP contribution in [0.25, 0.3) is 0 Å². The monoisotopic (exact) mass is 251 g/mol. The number of benzene rings is 1. The van der Waals surface area contributed by atoms with Gasteiger partial charge in [-0.1, -0.05) is 12.1 Å². The average molecular weight is 251 g/mol. The number of ether oxygens (including phenoxy) is 2. The molecular formula is C12H18BNO4. The lowest BCUT2D eigenvalue weighted by Crippen LogP contribution is -2.42. The van der Waals surface area contributed by atoms with Crippen LogP contribution in [0.15, 0.2) is 24.3 Å². The van der Waals surface area contributed by atoms with Crippen LogP contribution < -0.4 is 10.2 Å². The van der Waals surface area contributed by atoms with Gasteiger partial charge in [0.2, 0.25) is 0 Å². The van der Waals surface area contributed by atoms with Gasteiger partial charge in [-0.2, -0.15) is 0 Å². The minimum absolute atomic E-state index is 0.0615. The Morgan fingerprint density at radius 1 is 1.50 bits per heavy atom. The van der Waals surface area contributed by atoms with E-state index in [-0.39, 0.29) is 6.10 Å². The largest absolute Gasteiger partial charge is 0.491 e. The van der Waals surface area contributed by atoms with Crippen LogP contribution in [-0.2, 0) is 4.74 Å². The predicted octanol–water partition coefficient (Wildman–Crippen LogP) is -0.924. The van der Waals surface area contributed by atoms with E-state index in [1.807, 2.05) is 0 Å². The van der Waals surface area contributed by atoms with Gasteiger partial charge in [-0.3, -0.25) is 0 Å². The molecule has 2 rings (SSSR count). The highest BCUT2D eigenvalue weighted by Crippen LogP contribution is 2.10. The zero-order chi connectivity index (χ0) is 13.0. The van der Waals surface area contributed by atoms with Crippen LogP contribution in [0.2, 0.25) is 0 Å². The number of hydrogen-bond donors (Lipinski definition) is 2. The summed E-state index contributed by atoms with van der Waals surface area (Å²) in [4.78, 5) is 2.20. The normalized spacial score (nSPS) is 20.7. The minimum Gasteiger partial charge on any atom is -0.491 e. The number of hydrogen-bond acceptors (Lipinski definition) is 5. The second-order valence-corrected chi connectivity index (χ2v) is 4.51. The van der Waals surface area contributed by atoms with Crippen molar-refractivity contribution in [2.45, 2.75) is 6.10 Å². The van der Waals surface area contributed by atoms with E-state index in [0.717, 1.165) is 19.7 Å². The van der Waals surface area contributed by atoms with E-state index in [9.17, 15) is 0 Å². The van der Waals surface area contributed by atoms with Crippen molar-refractivity contribution in [2.24, 2.45) is 0 Å². The average Bonchev–Trinajstić information content (AvgIpc) is 2.37. The Morgan fingerprint density at radius 3 is 3.06 bits per heavy atom. The summed E-state index contributed by atoms with van der Waals surface area (Å²) in [5, 5.41) is 18.1. The molecule has 1 unspecified atom stereocenters. The molecular weight excluding hydrogens is 233 g/mol. The third-order valence-electron chi connectivity index (χ3n) is 2.93. The van der Waals surface area contributed by atoms with E-state index < -0.39 is 7.12 Å². The maximum absolute atomic E-state index is 9.07. The van der Waals surface area contributed by atoms with Crippen LogP contribution in [0, 0.1) is 0 Å². The summed E-state index contributed by atoms with van der Waals surface area (Å²) >= 11 is 0. The lowest BCUT2D eigenvalue weighted by molar-refractivity contribution is -0.0403. The third kappa shape index (κ3) is 3.71. The first-order chi connectivity index (χ1) is 8.65. The number of morpholine rings is 1. The molecule has 6 heteroatoms. The molecule has 18 heavy (non-hydrogen) atoms. The van der Waals surface area contributed by atoms with Crippen molar-refractivity contribution >= 4 is 12.6 Å². The molecule has 1 aromatic carbocycles. The fourth-order valence-corrected chi connectivity index (χ4v) is 1.92. The van der Waals surface area contributed by atoms with Gasteiger partial charge in [-0.05, 0) is 24.6 Å². The number of nitrogens with zero attached hydrogens (tertiary/aromatic N) is 1. The first-order valence-corrected chi connectivity index (χ1v) is 6.04. The van der Waals surface area contributed by atoms with Gasteiger partial charge in [0.25, 0.3) is 0 Å². The van der Waals surface area contributed by atoms with E-state index in [4.69, 9.17) is 19.5 Å². The van der Waals surface area contributed by atoms with Crippen LogP contribution in [0.3, 0.4) is 0 Å². The van der Waals surface area contributed by atoms with Gasteiger partial charge in [-0.25, -0.2) is 0 Å². The highest BCUT2D eigenvalue weighted by molar-refractivity contribution is 6.58. The van der Waals surface area contributed by atoms with E-state index in [1.54, 1.807) is 24.3 Å². The highest BCUT2D eigenvalue weighted by Gasteiger charge is 2.18. The number of rotatable bonds is 4. The van der Waals surface area contributed by atoms with Crippen LogP contribution in [0.4, 0.5) is 0 Å². The fourth-order valence-electron chi connectivity index (χ4n) is 1.92. The molecule has 0 radical (unpaired) electrons. The molecule has 2 N–H and O–H groups in total. The Labute approximate surface area is 107 Å². The molecule has 1 aliphatic heterocycles. The van der Waals surface area contributed by atoms with Crippen molar-refractivity contribution in [3.8, 4) is 5.75 Å². The van der Waals surface area contributed by atoms with Crippen molar-refractivity contribution in [1.82, 2.24) is 4.90 Å². The fraction of sp³-hybridized carbons (Fsp3) is 0.500. The van der Waals surface area contributed by atoms with Crippen molar-refractivity contribution < 1.29 is 19.5 Å². The molecule has 0 saturated carbocycles. The van der Waals surface area contributed by atoms with Crippen molar-refractivity contribution in [3.63, 3.8) is 0 Å². The zero-order valence-electron chi connectivity index (χ0n) is 10.5. The van der Waals surface area contributed by atoms with Crippen LogP contribution >= 0.6 is 0 Å². The molecule has 1 fully saturated rings. The Morgan fingerprint density at radius 2 is 2.33 bits per heavy atom. The predicted molar refractivity (Wildman–Crippen MR) is 69.0 cm³/mol. The van der Waals surface area contributed by atoms with E-state index >= 15 is 0 Å². The standard InChI is InChI=1S/C12H18BNO4/c1-14-5-6-17-12(8-14)9-18-11-4-2-3-10(7-11)13(15)16/h2-4,7,12,15-16H,5-6,8-9H2,1H3. The first-order valence-electron chi connectivity index (χ1n) is 6.04. The minimum atomic E-state index is -1.47. The molecule has 0 spiro atoms. The summed E-state index contributed by atoms with van der Waals surface area (Å²) in [5.41, 5.74) is 0.425. The summed E-state index contributed by atoms with van der Waals surface area (Å²) in [6.45, 7) is 2.99. The van der Waals surface area contributed by atoms with Gasteiger partial charge in [0, 0.05) is 13.1 Å². The van der Waals surface area contributed by atoms with Crippen molar-refractivity contribution in [3.05, 3.63) is 24.3 Å². The van der Waals surface area contributed by atoms with Crippen molar-refractivity contribution in [1.29, 1.82) is 0 Å².